The second-order valence-electron chi connectivity index (χ2n) is 4.43. The molecule has 2 rings (SSSR count). The van der Waals surface area contributed by atoms with Crippen LogP contribution in [0.25, 0.3) is 0 Å². The molecular formula is C16H15BrF2O6. The number of ether oxygens (including phenoxy) is 3. The summed E-state index contributed by atoms with van der Waals surface area (Å²) in [5, 5.41) is 18.2. The van der Waals surface area contributed by atoms with Crippen molar-refractivity contribution < 1.29 is 38.0 Å². The molecule has 0 aliphatic rings. The second kappa shape index (κ2) is 9.07. The van der Waals surface area contributed by atoms with E-state index in [4.69, 9.17) is 19.7 Å². The van der Waals surface area contributed by atoms with Crippen LogP contribution < -0.4 is 9.47 Å². The summed E-state index contributed by atoms with van der Waals surface area (Å²) in [7, 11) is 3.84. The van der Waals surface area contributed by atoms with Gasteiger partial charge in [-0.05, 0) is 15.9 Å². The van der Waals surface area contributed by atoms with Crippen molar-refractivity contribution in [3.05, 3.63) is 45.9 Å². The average Bonchev–Trinajstić information content (AvgIpc) is 2.58. The molecule has 0 saturated carbocycles. The Kier molecular flexibility index (Phi) is 7.43. The van der Waals surface area contributed by atoms with Crippen LogP contribution in [-0.2, 0) is 4.74 Å². The molecule has 0 heterocycles. The van der Waals surface area contributed by atoms with Crippen LogP contribution in [0, 0.1) is 11.6 Å². The van der Waals surface area contributed by atoms with Crippen molar-refractivity contribution in [3.8, 4) is 23.0 Å². The molecule has 0 atom stereocenters. The highest BCUT2D eigenvalue weighted by atomic mass is 79.9. The number of hydrogen-bond donors (Lipinski definition) is 2. The van der Waals surface area contributed by atoms with Crippen molar-refractivity contribution in [3.63, 3.8) is 0 Å². The van der Waals surface area contributed by atoms with Crippen LogP contribution in [-0.4, -0.2) is 37.5 Å². The fraction of sp³-hybridized carbons (Fsp3) is 0.188. The van der Waals surface area contributed by atoms with E-state index in [9.17, 15) is 13.6 Å². The first kappa shape index (κ1) is 20.5. The first-order valence-corrected chi connectivity index (χ1v) is 7.41. The van der Waals surface area contributed by atoms with Gasteiger partial charge >= 0.3 is 5.97 Å². The van der Waals surface area contributed by atoms with Crippen LogP contribution in [0.2, 0.25) is 0 Å². The standard InChI is InChI=1S/C9H9FO4.C7H6BrFO2/c1-13-8-3-5(9(12)14-2)6(10)4-7(8)11;1-11-7-2-4(8)5(9)3-6(7)10/h3-4,11H,1-2H3;2-3,10H,1H3. The van der Waals surface area contributed by atoms with Crippen molar-refractivity contribution >= 4 is 21.9 Å². The number of carbonyl (C=O) groups excluding carboxylic acids is 1. The van der Waals surface area contributed by atoms with Gasteiger partial charge in [0.05, 0.1) is 31.4 Å². The molecule has 2 aromatic rings. The van der Waals surface area contributed by atoms with Gasteiger partial charge in [0.25, 0.3) is 0 Å². The zero-order valence-corrected chi connectivity index (χ0v) is 15.1. The van der Waals surface area contributed by atoms with Gasteiger partial charge in [0.1, 0.15) is 11.6 Å². The lowest BCUT2D eigenvalue weighted by atomic mass is 10.2. The van der Waals surface area contributed by atoms with Crippen LogP contribution in [0.15, 0.2) is 28.7 Å². The van der Waals surface area contributed by atoms with Crippen LogP contribution >= 0.6 is 15.9 Å². The third kappa shape index (κ3) is 5.21. The number of esters is 1. The Hall–Kier alpha value is -2.55. The highest BCUT2D eigenvalue weighted by Gasteiger charge is 2.16. The normalized spacial score (nSPS) is 9.68. The Labute approximate surface area is 150 Å². The number of phenolic OH excluding ortho intramolecular Hbond substituents is 2. The molecular weight excluding hydrogens is 406 g/mol. The van der Waals surface area contributed by atoms with E-state index in [0.717, 1.165) is 25.3 Å². The van der Waals surface area contributed by atoms with Crippen LogP contribution in [0.3, 0.4) is 0 Å². The first-order valence-electron chi connectivity index (χ1n) is 6.61. The van der Waals surface area contributed by atoms with Crippen molar-refractivity contribution in [2.45, 2.75) is 0 Å². The molecule has 0 radical (unpaired) electrons. The number of hydrogen-bond acceptors (Lipinski definition) is 6. The third-order valence-corrected chi connectivity index (χ3v) is 3.50. The molecule has 0 saturated heterocycles. The first-order chi connectivity index (χ1) is 11.7. The number of methoxy groups -OCH3 is 3. The molecule has 136 valence electrons. The van der Waals surface area contributed by atoms with Crippen molar-refractivity contribution in [2.75, 3.05) is 21.3 Å². The number of aromatic hydroxyl groups is 2. The summed E-state index contributed by atoms with van der Waals surface area (Å²) in [6, 6.07) is 4.23. The van der Waals surface area contributed by atoms with Crippen LogP contribution in [0.5, 0.6) is 23.0 Å². The Balaban J connectivity index is 0.000000257. The van der Waals surface area contributed by atoms with E-state index in [1.807, 2.05) is 0 Å². The minimum atomic E-state index is -0.852. The van der Waals surface area contributed by atoms with E-state index >= 15 is 0 Å². The van der Waals surface area contributed by atoms with E-state index in [1.54, 1.807) is 0 Å². The van der Waals surface area contributed by atoms with Gasteiger partial charge in [-0.15, -0.1) is 0 Å². The Bertz CT molecular complexity index is 767. The quantitative estimate of drug-likeness (QED) is 0.737. The summed E-state index contributed by atoms with van der Waals surface area (Å²) in [5.74, 6) is -2.48. The molecule has 0 aliphatic heterocycles. The van der Waals surface area contributed by atoms with E-state index in [0.29, 0.717) is 0 Å². The Morgan fingerprint density at radius 2 is 1.40 bits per heavy atom. The summed E-state index contributed by atoms with van der Waals surface area (Å²) < 4.78 is 39.8. The molecule has 2 N–H and O–H groups in total. The zero-order valence-electron chi connectivity index (χ0n) is 13.5. The lowest BCUT2D eigenvalue weighted by Crippen LogP contribution is -2.04. The van der Waals surface area contributed by atoms with Crippen molar-refractivity contribution in [1.29, 1.82) is 0 Å². The minimum absolute atomic E-state index is 0.0202. The van der Waals surface area contributed by atoms with E-state index in [2.05, 4.69) is 20.7 Å². The number of phenols is 2. The van der Waals surface area contributed by atoms with Crippen molar-refractivity contribution in [2.24, 2.45) is 0 Å². The topological polar surface area (TPSA) is 85.2 Å². The van der Waals surface area contributed by atoms with E-state index < -0.39 is 17.6 Å². The van der Waals surface area contributed by atoms with Gasteiger partial charge < -0.3 is 24.4 Å². The molecule has 0 amide bonds. The molecule has 0 spiro atoms. The summed E-state index contributed by atoms with van der Waals surface area (Å²) in [5.41, 5.74) is -0.276. The SMILES string of the molecule is COC(=O)c1cc(OC)c(O)cc1F.COc1cc(Br)c(F)cc1O. The Morgan fingerprint density at radius 3 is 1.88 bits per heavy atom. The lowest BCUT2D eigenvalue weighted by Gasteiger charge is -2.06. The predicted octanol–water partition coefficient (Wildman–Crippen LogP) is 3.63. The molecule has 2 aromatic carbocycles. The Morgan fingerprint density at radius 1 is 0.920 bits per heavy atom. The molecule has 6 nitrogen and oxygen atoms in total. The van der Waals surface area contributed by atoms with Gasteiger partial charge in [-0.2, -0.15) is 0 Å². The van der Waals surface area contributed by atoms with Crippen molar-refractivity contribution in [1.82, 2.24) is 0 Å². The average molecular weight is 421 g/mol. The molecule has 0 fully saturated rings. The van der Waals surface area contributed by atoms with Gasteiger partial charge in [0, 0.05) is 24.3 Å². The molecule has 9 heteroatoms. The number of carbonyl (C=O) groups is 1. The molecule has 25 heavy (non-hydrogen) atoms. The summed E-state index contributed by atoms with van der Waals surface area (Å²) in [6.07, 6.45) is 0. The number of rotatable bonds is 3. The van der Waals surface area contributed by atoms with E-state index in [-0.39, 0.29) is 33.0 Å². The largest absolute Gasteiger partial charge is 0.504 e. The van der Waals surface area contributed by atoms with Crippen LogP contribution in [0.1, 0.15) is 10.4 Å². The number of halogens is 3. The zero-order chi connectivity index (χ0) is 19.1. The summed E-state index contributed by atoms with van der Waals surface area (Å²) in [4.78, 5) is 11.0. The maximum atomic E-state index is 13.1. The van der Waals surface area contributed by atoms with Gasteiger partial charge in [0.15, 0.2) is 23.0 Å². The smallest absolute Gasteiger partial charge is 0.340 e. The maximum absolute atomic E-state index is 13.1. The highest BCUT2D eigenvalue weighted by Crippen LogP contribution is 2.31. The highest BCUT2D eigenvalue weighted by molar-refractivity contribution is 9.10. The molecule has 0 aromatic heterocycles. The number of benzene rings is 2. The fourth-order valence-corrected chi connectivity index (χ4v) is 1.98. The third-order valence-electron chi connectivity index (χ3n) is 2.90. The van der Waals surface area contributed by atoms with Crippen LogP contribution in [0.4, 0.5) is 8.78 Å². The summed E-state index contributed by atoms with van der Waals surface area (Å²) in [6.45, 7) is 0. The van der Waals surface area contributed by atoms with Gasteiger partial charge in [-0.1, -0.05) is 0 Å². The van der Waals surface area contributed by atoms with Gasteiger partial charge in [-0.25, -0.2) is 13.6 Å². The molecule has 0 unspecified atom stereocenters. The predicted molar refractivity (Wildman–Crippen MR) is 88.3 cm³/mol. The lowest BCUT2D eigenvalue weighted by molar-refractivity contribution is 0.0595. The maximum Gasteiger partial charge on any atom is 0.340 e. The van der Waals surface area contributed by atoms with E-state index in [1.165, 1.54) is 20.3 Å². The summed E-state index contributed by atoms with van der Waals surface area (Å²) >= 11 is 2.95. The second-order valence-corrected chi connectivity index (χ2v) is 5.29. The van der Waals surface area contributed by atoms with Gasteiger partial charge in [-0.3, -0.25) is 0 Å². The van der Waals surface area contributed by atoms with Gasteiger partial charge in [0.2, 0.25) is 0 Å². The fourth-order valence-electron chi connectivity index (χ4n) is 1.65. The monoisotopic (exact) mass is 420 g/mol. The minimum Gasteiger partial charge on any atom is -0.504 e. The molecule has 0 aliphatic carbocycles. The molecule has 0 bridgehead atoms.